The summed E-state index contributed by atoms with van der Waals surface area (Å²) < 4.78 is 19.4. The zero-order valence-electron chi connectivity index (χ0n) is 15.2. The van der Waals surface area contributed by atoms with Crippen molar-refractivity contribution in [2.45, 2.75) is 6.92 Å². The summed E-state index contributed by atoms with van der Waals surface area (Å²) in [5.74, 6) is -1.35. The first-order valence-corrected chi connectivity index (χ1v) is 8.80. The lowest BCUT2D eigenvalue weighted by molar-refractivity contribution is -0.120. The van der Waals surface area contributed by atoms with Crippen molar-refractivity contribution >= 4 is 28.9 Å². The van der Waals surface area contributed by atoms with Crippen molar-refractivity contribution in [3.05, 3.63) is 54.3 Å². The van der Waals surface area contributed by atoms with Gasteiger partial charge in [0.2, 0.25) is 11.8 Å². The number of hydrogen-bond donors (Lipinski definition) is 1. The van der Waals surface area contributed by atoms with Crippen molar-refractivity contribution < 1.29 is 18.7 Å². The van der Waals surface area contributed by atoms with Gasteiger partial charge in [-0.15, -0.1) is 0 Å². The van der Waals surface area contributed by atoms with E-state index < -0.39 is 17.6 Å². The molecule has 0 atom stereocenters. The third-order valence-corrected chi connectivity index (χ3v) is 4.35. The molecule has 142 valence electrons. The van der Waals surface area contributed by atoms with Crippen LogP contribution in [0.5, 0.6) is 0 Å². The Bertz CT molecular complexity index is 822. The molecule has 0 aromatic heterocycles. The van der Waals surface area contributed by atoms with Gasteiger partial charge in [-0.25, -0.2) is 4.39 Å². The molecule has 1 heterocycles. The number of halogens is 1. The second kappa shape index (κ2) is 8.64. The molecular formula is C20H22FN3O3. The summed E-state index contributed by atoms with van der Waals surface area (Å²) in [6.45, 7) is 3.78. The average Bonchev–Trinajstić information content (AvgIpc) is 2.68. The summed E-state index contributed by atoms with van der Waals surface area (Å²) in [4.78, 5) is 27.8. The molecule has 2 aromatic carbocycles. The van der Waals surface area contributed by atoms with Crippen molar-refractivity contribution in [2.24, 2.45) is 0 Å². The van der Waals surface area contributed by atoms with E-state index in [1.165, 1.54) is 25.1 Å². The summed E-state index contributed by atoms with van der Waals surface area (Å²) in [5, 5.41) is 2.84. The molecule has 0 spiro atoms. The van der Waals surface area contributed by atoms with Crippen LogP contribution >= 0.6 is 0 Å². The maximum absolute atomic E-state index is 14.0. The summed E-state index contributed by atoms with van der Waals surface area (Å²) in [7, 11) is 0. The van der Waals surface area contributed by atoms with Gasteiger partial charge in [-0.05, 0) is 24.3 Å². The quantitative estimate of drug-likeness (QED) is 0.878. The van der Waals surface area contributed by atoms with Gasteiger partial charge in [0.1, 0.15) is 12.4 Å². The molecule has 6 nitrogen and oxygen atoms in total. The number of amides is 2. The molecule has 0 aliphatic carbocycles. The standard InChI is InChI=1S/C20H22FN3O3/c1-15(25)24(18-8-4-2-6-16(18)21)14-20(26)22-17-7-3-5-9-19(17)23-10-12-27-13-11-23/h2-9H,10-14H2,1H3,(H,22,26). The fourth-order valence-corrected chi connectivity index (χ4v) is 3.03. The van der Waals surface area contributed by atoms with E-state index in [1.807, 2.05) is 24.3 Å². The van der Waals surface area contributed by atoms with Crippen molar-refractivity contribution in [3.63, 3.8) is 0 Å². The molecule has 0 unspecified atom stereocenters. The minimum atomic E-state index is -0.547. The smallest absolute Gasteiger partial charge is 0.244 e. The summed E-state index contributed by atoms with van der Waals surface area (Å²) in [5.41, 5.74) is 1.64. The molecule has 1 aliphatic heterocycles. The van der Waals surface area contributed by atoms with Crippen LogP contribution in [0.1, 0.15) is 6.92 Å². The number of nitrogens with zero attached hydrogens (tertiary/aromatic N) is 2. The molecule has 2 amide bonds. The number of para-hydroxylation sites is 3. The molecule has 1 fully saturated rings. The van der Waals surface area contributed by atoms with Crippen LogP contribution in [-0.4, -0.2) is 44.7 Å². The van der Waals surface area contributed by atoms with Crippen LogP contribution in [0.25, 0.3) is 0 Å². The number of carbonyl (C=O) groups excluding carboxylic acids is 2. The third-order valence-electron chi connectivity index (χ3n) is 4.35. The van der Waals surface area contributed by atoms with E-state index in [4.69, 9.17) is 4.74 Å². The molecule has 27 heavy (non-hydrogen) atoms. The maximum Gasteiger partial charge on any atom is 0.244 e. The lowest BCUT2D eigenvalue weighted by atomic mass is 10.2. The molecule has 2 aromatic rings. The van der Waals surface area contributed by atoms with Crippen LogP contribution < -0.4 is 15.1 Å². The van der Waals surface area contributed by atoms with Gasteiger partial charge in [0, 0.05) is 20.0 Å². The van der Waals surface area contributed by atoms with Crippen LogP contribution in [0.4, 0.5) is 21.5 Å². The highest BCUT2D eigenvalue weighted by Gasteiger charge is 2.20. The maximum atomic E-state index is 14.0. The number of rotatable bonds is 5. The number of carbonyl (C=O) groups is 2. The van der Waals surface area contributed by atoms with Gasteiger partial charge >= 0.3 is 0 Å². The SMILES string of the molecule is CC(=O)N(CC(=O)Nc1ccccc1N1CCOCC1)c1ccccc1F. The summed E-state index contributed by atoms with van der Waals surface area (Å²) in [6.07, 6.45) is 0. The second-order valence-electron chi connectivity index (χ2n) is 6.22. The zero-order valence-corrected chi connectivity index (χ0v) is 15.2. The first kappa shape index (κ1) is 18.8. The van der Waals surface area contributed by atoms with Crippen LogP contribution in [0.3, 0.4) is 0 Å². The Balaban J connectivity index is 1.75. The predicted octanol–water partition coefficient (Wildman–Crippen LogP) is 2.65. The van der Waals surface area contributed by atoms with E-state index in [0.717, 1.165) is 23.7 Å². The van der Waals surface area contributed by atoms with Crippen LogP contribution in [-0.2, 0) is 14.3 Å². The van der Waals surface area contributed by atoms with E-state index in [9.17, 15) is 14.0 Å². The Kier molecular flexibility index (Phi) is 6.03. The van der Waals surface area contributed by atoms with Crippen LogP contribution in [0, 0.1) is 5.82 Å². The largest absolute Gasteiger partial charge is 0.378 e. The van der Waals surface area contributed by atoms with Crippen molar-refractivity contribution in [1.82, 2.24) is 0 Å². The molecule has 0 bridgehead atoms. The second-order valence-corrected chi connectivity index (χ2v) is 6.22. The first-order chi connectivity index (χ1) is 13.1. The number of morpholine rings is 1. The van der Waals surface area contributed by atoms with Crippen molar-refractivity contribution in [1.29, 1.82) is 0 Å². The minimum absolute atomic E-state index is 0.0848. The Hall–Kier alpha value is -2.93. The molecule has 0 saturated carbocycles. The highest BCUT2D eigenvalue weighted by molar-refractivity contribution is 6.03. The topological polar surface area (TPSA) is 61.9 Å². The minimum Gasteiger partial charge on any atom is -0.378 e. The summed E-state index contributed by atoms with van der Waals surface area (Å²) >= 11 is 0. The average molecular weight is 371 g/mol. The van der Waals surface area contributed by atoms with E-state index in [0.29, 0.717) is 18.9 Å². The van der Waals surface area contributed by atoms with Gasteiger partial charge in [-0.2, -0.15) is 0 Å². The fraction of sp³-hybridized carbons (Fsp3) is 0.300. The lowest BCUT2D eigenvalue weighted by Gasteiger charge is -2.30. The number of benzene rings is 2. The van der Waals surface area contributed by atoms with E-state index in [1.54, 1.807) is 6.07 Å². The van der Waals surface area contributed by atoms with Gasteiger partial charge < -0.3 is 19.9 Å². The fourth-order valence-electron chi connectivity index (χ4n) is 3.03. The highest BCUT2D eigenvalue weighted by atomic mass is 19.1. The lowest BCUT2D eigenvalue weighted by Crippen LogP contribution is -2.38. The van der Waals surface area contributed by atoms with Crippen LogP contribution in [0.15, 0.2) is 48.5 Å². The van der Waals surface area contributed by atoms with Crippen LogP contribution in [0.2, 0.25) is 0 Å². The Morgan fingerprint density at radius 2 is 1.78 bits per heavy atom. The number of hydrogen-bond acceptors (Lipinski definition) is 4. The monoisotopic (exact) mass is 371 g/mol. The van der Waals surface area contributed by atoms with E-state index >= 15 is 0 Å². The molecule has 3 rings (SSSR count). The molecule has 7 heteroatoms. The van der Waals surface area contributed by atoms with E-state index in [-0.39, 0.29) is 12.2 Å². The predicted molar refractivity (Wildman–Crippen MR) is 103 cm³/mol. The van der Waals surface area contributed by atoms with Gasteiger partial charge in [0.15, 0.2) is 0 Å². The van der Waals surface area contributed by atoms with Gasteiger partial charge in [-0.1, -0.05) is 24.3 Å². The van der Waals surface area contributed by atoms with E-state index in [2.05, 4.69) is 10.2 Å². The Morgan fingerprint density at radius 1 is 1.11 bits per heavy atom. The zero-order chi connectivity index (χ0) is 19.2. The molecule has 1 N–H and O–H groups in total. The van der Waals surface area contributed by atoms with Crippen molar-refractivity contribution in [3.8, 4) is 0 Å². The first-order valence-electron chi connectivity index (χ1n) is 8.80. The highest BCUT2D eigenvalue weighted by Crippen LogP contribution is 2.26. The molecular weight excluding hydrogens is 349 g/mol. The number of ether oxygens (including phenoxy) is 1. The van der Waals surface area contributed by atoms with Gasteiger partial charge in [-0.3, -0.25) is 9.59 Å². The number of anilines is 3. The Morgan fingerprint density at radius 3 is 2.48 bits per heavy atom. The number of nitrogens with one attached hydrogen (secondary N) is 1. The third kappa shape index (κ3) is 4.62. The summed E-state index contributed by atoms with van der Waals surface area (Å²) in [6, 6.07) is 13.4. The van der Waals surface area contributed by atoms with Crippen molar-refractivity contribution in [2.75, 3.05) is 48.0 Å². The molecule has 1 saturated heterocycles. The Labute approximate surface area is 157 Å². The normalized spacial score (nSPS) is 13.9. The van der Waals surface area contributed by atoms with Gasteiger partial charge in [0.05, 0.1) is 30.3 Å². The van der Waals surface area contributed by atoms with Gasteiger partial charge in [0.25, 0.3) is 0 Å². The molecule has 1 aliphatic rings. The molecule has 0 radical (unpaired) electrons.